The third-order valence-electron chi connectivity index (χ3n) is 6.85. The Balaban J connectivity index is 1.74. The van der Waals surface area contributed by atoms with Gasteiger partial charge in [0.15, 0.2) is 0 Å². The van der Waals surface area contributed by atoms with E-state index in [2.05, 4.69) is 25.2 Å². The van der Waals surface area contributed by atoms with Gasteiger partial charge in [0, 0.05) is 18.5 Å². The van der Waals surface area contributed by atoms with Crippen molar-refractivity contribution in [3.05, 3.63) is 23.1 Å². The average molecular weight is 363 g/mol. The third kappa shape index (κ3) is 2.98. The molecule has 1 N–H and O–H groups in total. The van der Waals surface area contributed by atoms with Crippen LogP contribution < -0.4 is 0 Å². The van der Waals surface area contributed by atoms with E-state index in [-0.39, 0.29) is 17.6 Å². The molecule has 0 aromatic rings. The highest BCUT2D eigenvalue weighted by Crippen LogP contribution is 2.61. The lowest BCUT2D eigenvalue weighted by Crippen LogP contribution is -2.41. The zero-order chi connectivity index (χ0) is 18.3. The van der Waals surface area contributed by atoms with Gasteiger partial charge in [-0.15, -0.1) is 0 Å². The molecule has 4 atom stereocenters. The smallest absolute Gasteiger partial charge is 0.111 e. The lowest BCUT2D eigenvalue weighted by Gasteiger charge is -2.43. The highest BCUT2D eigenvalue weighted by molar-refractivity contribution is 5.42. The number of nitrogens with zero attached hydrogens (tertiary/aromatic N) is 2. The topological polar surface area (TPSA) is 45.2 Å². The van der Waals surface area contributed by atoms with Crippen LogP contribution in [0.5, 0.6) is 0 Å². The minimum absolute atomic E-state index is 0.0536. The Labute approximate surface area is 157 Å². The summed E-state index contributed by atoms with van der Waals surface area (Å²) in [6.07, 6.45) is 10.9. The fourth-order valence-electron chi connectivity index (χ4n) is 5.85. The second-order valence-electron chi connectivity index (χ2n) is 8.79. The number of rotatable bonds is 5. The molecule has 4 rings (SSSR count). The number of hydrogen-bond donors (Lipinski definition) is 1. The zero-order valence-corrected chi connectivity index (χ0v) is 16.5. The van der Waals surface area contributed by atoms with Gasteiger partial charge in [-0.25, -0.2) is 0 Å². The fraction of sp³-hybridized carbons (Fsp3) is 0.810. The van der Waals surface area contributed by atoms with Crippen molar-refractivity contribution < 1.29 is 14.7 Å². The Morgan fingerprint density at radius 3 is 3.00 bits per heavy atom. The van der Waals surface area contributed by atoms with Gasteiger partial charge in [-0.3, -0.25) is 9.90 Å². The van der Waals surface area contributed by atoms with Crippen molar-refractivity contribution in [1.82, 2.24) is 9.96 Å². The molecule has 0 bridgehead atoms. The van der Waals surface area contributed by atoms with Crippen molar-refractivity contribution >= 4 is 0 Å². The average Bonchev–Trinajstić information content (AvgIpc) is 2.87. The van der Waals surface area contributed by atoms with Gasteiger partial charge in [0.2, 0.25) is 0 Å². The van der Waals surface area contributed by atoms with E-state index in [0.29, 0.717) is 12.3 Å². The largest absolute Gasteiger partial charge is 0.493 e. The van der Waals surface area contributed by atoms with Crippen molar-refractivity contribution in [2.75, 3.05) is 34.3 Å². The van der Waals surface area contributed by atoms with Gasteiger partial charge in [0.1, 0.15) is 6.10 Å². The monoisotopic (exact) mass is 362 g/mol. The molecular weight excluding hydrogens is 328 g/mol. The fourth-order valence-corrected chi connectivity index (χ4v) is 5.85. The van der Waals surface area contributed by atoms with Gasteiger partial charge in [0.05, 0.1) is 30.9 Å². The van der Waals surface area contributed by atoms with Crippen molar-refractivity contribution in [3.8, 4) is 0 Å². The summed E-state index contributed by atoms with van der Waals surface area (Å²) in [4.78, 5) is 7.96. The minimum atomic E-state index is -0.287. The van der Waals surface area contributed by atoms with E-state index in [1.807, 2.05) is 5.06 Å². The van der Waals surface area contributed by atoms with E-state index in [0.717, 1.165) is 44.5 Å². The molecule has 1 fully saturated rings. The number of aliphatic hydroxyl groups excluding tert-OH is 1. The SMILES string of the molecule is CON1C=C(CCCN(C)C)C23CCCC[C@H]2OC2=C3C(C[C@H](O)C2)C1. The van der Waals surface area contributed by atoms with Crippen LogP contribution in [0.3, 0.4) is 0 Å². The minimum Gasteiger partial charge on any atom is -0.493 e. The van der Waals surface area contributed by atoms with Crippen LogP contribution in [0.1, 0.15) is 51.4 Å². The molecule has 0 aromatic carbocycles. The summed E-state index contributed by atoms with van der Waals surface area (Å²) >= 11 is 0. The number of aliphatic hydroxyl groups is 1. The van der Waals surface area contributed by atoms with E-state index >= 15 is 0 Å². The zero-order valence-electron chi connectivity index (χ0n) is 16.5. The lowest BCUT2D eigenvalue weighted by atomic mass is 9.59. The molecule has 2 aliphatic heterocycles. The van der Waals surface area contributed by atoms with E-state index in [1.54, 1.807) is 7.11 Å². The molecule has 1 spiro atoms. The van der Waals surface area contributed by atoms with Crippen LogP contribution >= 0.6 is 0 Å². The van der Waals surface area contributed by atoms with Crippen molar-refractivity contribution in [1.29, 1.82) is 0 Å². The summed E-state index contributed by atoms with van der Waals surface area (Å²) in [6.45, 7) is 1.92. The van der Waals surface area contributed by atoms with E-state index in [9.17, 15) is 5.11 Å². The molecule has 2 unspecified atom stereocenters. The number of hydroxylamine groups is 2. The molecule has 0 aromatic heterocycles. The molecule has 4 aliphatic rings. The summed E-state index contributed by atoms with van der Waals surface area (Å²) in [5, 5.41) is 12.4. The van der Waals surface area contributed by atoms with Gasteiger partial charge in [-0.05, 0) is 70.3 Å². The lowest BCUT2D eigenvalue weighted by molar-refractivity contribution is -0.0973. The molecule has 5 nitrogen and oxygen atoms in total. The van der Waals surface area contributed by atoms with E-state index in [1.165, 1.54) is 30.4 Å². The molecular formula is C21H34N2O3. The van der Waals surface area contributed by atoms with Crippen LogP contribution in [0.2, 0.25) is 0 Å². The summed E-state index contributed by atoms with van der Waals surface area (Å²) < 4.78 is 6.54. The number of ether oxygens (including phenoxy) is 1. The Morgan fingerprint density at radius 1 is 1.38 bits per heavy atom. The van der Waals surface area contributed by atoms with Crippen molar-refractivity contribution in [3.63, 3.8) is 0 Å². The summed E-state index contributed by atoms with van der Waals surface area (Å²) in [5.74, 6) is 1.44. The van der Waals surface area contributed by atoms with Crippen LogP contribution in [-0.2, 0) is 9.57 Å². The van der Waals surface area contributed by atoms with Gasteiger partial charge in [-0.2, -0.15) is 0 Å². The first-order valence-corrected chi connectivity index (χ1v) is 10.3. The Hall–Kier alpha value is -1.04. The second kappa shape index (κ2) is 7.17. The predicted octanol–water partition coefficient (Wildman–Crippen LogP) is 3.07. The normalized spacial score (nSPS) is 36.4. The van der Waals surface area contributed by atoms with Crippen LogP contribution in [0.4, 0.5) is 0 Å². The van der Waals surface area contributed by atoms with Gasteiger partial charge in [-0.1, -0.05) is 6.42 Å². The summed E-state index contributed by atoms with van der Waals surface area (Å²) in [6, 6.07) is 0. The molecule has 1 saturated carbocycles. The second-order valence-corrected chi connectivity index (χ2v) is 8.79. The van der Waals surface area contributed by atoms with Crippen LogP contribution in [-0.4, -0.2) is 61.6 Å². The highest BCUT2D eigenvalue weighted by Gasteiger charge is 2.57. The van der Waals surface area contributed by atoms with Crippen LogP contribution in [0.25, 0.3) is 0 Å². The molecule has 0 radical (unpaired) electrons. The summed E-state index contributed by atoms with van der Waals surface area (Å²) in [5.41, 5.74) is 3.07. The maximum Gasteiger partial charge on any atom is 0.111 e. The third-order valence-corrected chi connectivity index (χ3v) is 6.85. The van der Waals surface area contributed by atoms with Crippen molar-refractivity contribution in [2.24, 2.45) is 11.3 Å². The first kappa shape index (κ1) is 18.3. The van der Waals surface area contributed by atoms with E-state index < -0.39 is 0 Å². The highest BCUT2D eigenvalue weighted by atomic mass is 16.7. The van der Waals surface area contributed by atoms with Gasteiger partial charge >= 0.3 is 0 Å². The van der Waals surface area contributed by atoms with Crippen LogP contribution in [0, 0.1) is 11.3 Å². The molecule has 26 heavy (non-hydrogen) atoms. The van der Waals surface area contributed by atoms with E-state index in [4.69, 9.17) is 9.57 Å². The maximum absolute atomic E-state index is 10.4. The number of hydrogen-bond acceptors (Lipinski definition) is 5. The Morgan fingerprint density at radius 2 is 2.23 bits per heavy atom. The first-order chi connectivity index (χ1) is 12.5. The standard InChI is InChI=1S/C21H34N2O3/c1-22(2)10-6-7-16-14-23(25-3)13-15-11-17(24)12-18-20(15)21(16)9-5-4-8-19(21)26-18/h14-15,17,19,24H,4-13H2,1-3H3/t15?,17-,19+,21?/m0/s1. The quantitative estimate of drug-likeness (QED) is 0.814. The molecule has 5 heteroatoms. The molecule has 0 saturated heterocycles. The summed E-state index contributed by atoms with van der Waals surface area (Å²) in [7, 11) is 6.04. The van der Waals surface area contributed by atoms with Gasteiger partial charge < -0.3 is 14.7 Å². The Kier molecular flexibility index (Phi) is 5.06. The molecule has 2 heterocycles. The predicted molar refractivity (Wildman–Crippen MR) is 101 cm³/mol. The maximum atomic E-state index is 10.4. The molecule has 2 aliphatic carbocycles. The van der Waals surface area contributed by atoms with Crippen LogP contribution in [0.15, 0.2) is 23.1 Å². The first-order valence-electron chi connectivity index (χ1n) is 10.3. The molecule has 0 amide bonds. The molecule has 146 valence electrons. The van der Waals surface area contributed by atoms with Crippen molar-refractivity contribution in [2.45, 2.75) is 63.6 Å². The van der Waals surface area contributed by atoms with Gasteiger partial charge in [0.25, 0.3) is 0 Å². The Bertz CT molecular complexity index is 600.